The summed E-state index contributed by atoms with van der Waals surface area (Å²) in [6, 6.07) is 19.3. The second kappa shape index (κ2) is 8.48. The summed E-state index contributed by atoms with van der Waals surface area (Å²) in [5.41, 5.74) is 1.92. The molecule has 4 rings (SSSR count). The van der Waals surface area contributed by atoms with Crippen LogP contribution in [0.5, 0.6) is 0 Å². The Morgan fingerprint density at radius 3 is 1.67 bits per heavy atom. The minimum Gasteiger partial charge on any atom is -0.298 e. The number of hydrogen-bond acceptors (Lipinski definition) is 7. The zero-order valence-corrected chi connectivity index (χ0v) is 16.8. The first kappa shape index (κ1) is 19.2. The van der Waals surface area contributed by atoms with Gasteiger partial charge in [-0.3, -0.25) is 9.80 Å². The average Bonchev–Trinajstić information content (AvgIpc) is 2.84. The van der Waals surface area contributed by atoms with Crippen LogP contribution in [0.3, 0.4) is 0 Å². The summed E-state index contributed by atoms with van der Waals surface area (Å²) in [5, 5.41) is 0. The summed E-state index contributed by atoms with van der Waals surface area (Å²) in [7, 11) is 3.76. The molecule has 0 bridgehead atoms. The van der Waals surface area contributed by atoms with Crippen LogP contribution in [0.2, 0.25) is 0 Å². The molecule has 0 radical (unpaired) electrons. The lowest BCUT2D eigenvalue weighted by Gasteiger charge is -2.21. The molecule has 30 heavy (non-hydrogen) atoms. The van der Waals surface area contributed by atoms with Crippen LogP contribution < -0.4 is 9.80 Å². The first-order valence-corrected chi connectivity index (χ1v) is 9.44. The molecule has 3 aromatic heterocycles. The highest BCUT2D eigenvalue weighted by molar-refractivity contribution is 5.64. The van der Waals surface area contributed by atoms with Crippen LogP contribution in [0.1, 0.15) is 5.56 Å². The van der Waals surface area contributed by atoms with Crippen molar-refractivity contribution in [2.75, 3.05) is 23.9 Å². The molecule has 0 amide bonds. The quantitative estimate of drug-likeness (QED) is 0.476. The van der Waals surface area contributed by atoms with Gasteiger partial charge in [0.1, 0.15) is 11.6 Å². The predicted octanol–water partition coefficient (Wildman–Crippen LogP) is 4.51. The number of nitrogens with zero attached hydrogens (tertiary/aromatic N) is 7. The van der Waals surface area contributed by atoms with E-state index in [0.717, 1.165) is 22.8 Å². The smallest absolute Gasteiger partial charge is 0.236 e. The SMILES string of the molecule is C=Cc1ccc(-c2nc(N(C)c3ccccn3)nc(N(C)c3ccccn3)n2)cc1. The molecule has 0 atom stereocenters. The van der Waals surface area contributed by atoms with E-state index in [2.05, 4.69) is 21.5 Å². The lowest BCUT2D eigenvalue weighted by Crippen LogP contribution is -2.20. The predicted molar refractivity (Wildman–Crippen MR) is 120 cm³/mol. The largest absolute Gasteiger partial charge is 0.298 e. The first-order valence-electron chi connectivity index (χ1n) is 9.44. The molecule has 0 aliphatic rings. The zero-order valence-electron chi connectivity index (χ0n) is 16.8. The van der Waals surface area contributed by atoms with Gasteiger partial charge >= 0.3 is 0 Å². The van der Waals surface area contributed by atoms with E-state index in [9.17, 15) is 0 Å². The van der Waals surface area contributed by atoms with Gasteiger partial charge in [0.2, 0.25) is 11.9 Å². The Labute approximate surface area is 175 Å². The number of anilines is 4. The summed E-state index contributed by atoms with van der Waals surface area (Å²) in [4.78, 5) is 26.6. The Balaban J connectivity index is 1.81. The van der Waals surface area contributed by atoms with Crippen LogP contribution >= 0.6 is 0 Å². The summed E-state index contributed by atoms with van der Waals surface area (Å²) < 4.78 is 0. The average molecular weight is 395 g/mol. The van der Waals surface area contributed by atoms with E-state index in [0.29, 0.717) is 17.7 Å². The van der Waals surface area contributed by atoms with Crippen molar-refractivity contribution in [3.8, 4) is 11.4 Å². The first-order chi connectivity index (χ1) is 14.7. The number of benzene rings is 1. The molecule has 0 saturated heterocycles. The van der Waals surface area contributed by atoms with Gasteiger partial charge in [0.15, 0.2) is 5.82 Å². The minimum absolute atomic E-state index is 0.490. The van der Waals surface area contributed by atoms with Crippen LogP contribution in [-0.4, -0.2) is 39.0 Å². The van der Waals surface area contributed by atoms with Gasteiger partial charge < -0.3 is 0 Å². The fourth-order valence-corrected chi connectivity index (χ4v) is 2.86. The Hall–Kier alpha value is -4.13. The van der Waals surface area contributed by atoms with Crippen LogP contribution in [0.4, 0.5) is 23.5 Å². The number of pyridine rings is 2. The third-order valence-electron chi connectivity index (χ3n) is 4.60. The summed E-state index contributed by atoms with van der Waals surface area (Å²) >= 11 is 0. The molecule has 0 saturated carbocycles. The third-order valence-corrected chi connectivity index (χ3v) is 4.60. The summed E-state index contributed by atoms with van der Waals surface area (Å²) in [6.45, 7) is 3.81. The van der Waals surface area contributed by atoms with Crippen LogP contribution in [0.25, 0.3) is 17.5 Å². The fraction of sp³-hybridized carbons (Fsp3) is 0.0870. The molecule has 1 aromatic carbocycles. The van der Waals surface area contributed by atoms with Gasteiger partial charge in [0, 0.05) is 32.1 Å². The second-order valence-electron chi connectivity index (χ2n) is 6.58. The lowest BCUT2D eigenvalue weighted by atomic mass is 10.1. The molecule has 7 heteroatoms. The van der Waals surface area contributed by atoms with E-state index in [4.69, 9.17) is 9.97 Å². The molecular weight excluding hydrogens is 374 g/mol. The Bertz CT molecular complexity index is 1070. The zero-order chi connectivity index (χ0) is 20.9. The van der Waals surface area contributed by atoms with Crippen molar-refractivity contribution >= 4 is 29.6 Å². The van der Waals surface area contributed by atoms with Gasteiger partial charge in [-0.15, -0.1) is 0 Å². The highest BCUT2D eigenvalue weighted by Gasteiger charge is 2.17. The van der Waals surface area contributed by atoms with Crippen molar-refractivity contribution in [1.82, 2.24) is 24.9 Å². The van der Waals surface area contributed by atoms with E-state index in [-0.39, 0.29) is 0 Å². The number of aromatic nitrogens is 5. The second-order valence-corrected chi connectivity index (χ2v) is 6.58. The molecule has 0 fully saturated rings. The maximum absolute atomic E-state index is 4.70. The van der Waals surface area contributed by atoms with Crippen molar-refractivity contribution < 1.29 is 0 Å². The molecule has 148 valence electrons. The minimum atomic E-state index is 0.490. The normalized spacial score (nSPS) is 10.5. The van der Waals surface area contributed by atoms with E-state index < -0.39 is 0 Å². The Kier molecular flexibility index (Phi) is 5.43. The fourth-order valence-electron chi connectivity index (χ4n) is 2.86. The van der Waals surface area contributed by atoms with E-state index in [1.807, 2.05) is 84.6 Å². The van der Waals surface area contributed by atoms with Crippen molar-refractivity contribution in [3.63, 3.8) is 0 Å². The molecule has 0 N–H and O–H groups in total. The maximum atomic E-state index is 4.70. The van der Waals surface area contributed by atoms with Gasteiger partial charge in [-0.1, -0.05) is 49.1 Å². The summed E-state index contributed by atoms with van der Waals surface area (Å²) in [6.07, 6.45) is 5.28. The lowest BCUT2D eigenvalue weighted by molar-refractivity contribution is 0.938. The molecule has 0 aliphatic heterocycles. The summed E-state index contributed by atoms with van der Waals surface area (Å²) in [5.74, 6) is 3.02. The van der Waals surface area contributed by atoms with Crippen molar-refractivity contribution in [2.24, 2.45) is 0 Å². The van der Waals surface area contributed by atoms with Crippen LogP contribution in [0.15, 0.2) is 79.6 Å². The van der Waals surface area contributed by atoms with E-state index in [1.165, 1.54) is 0 Å². The molecule has 3 heterocycles. The highest BCUT2D eigenvalue weighted by Crippen LogP contribution is 2.26. The molecule has 0 aliphatic carbocycles. The van der Waals surface area contributed by atoms with E-state index in [1.54, 1.807) is 18.5 Å². The Morgan fingerprint density at radius 1 is 0.700 bits per heavy atom. The van der Waals surface area contributed by atoms with Crippen molar-refractivity contribution in [2.45, 2.75) is 0 Å². The standard InChI is InChI=1S/C23H21N7/c1-4-17-11-13-18(14-12-17)21-26-22(29(2)19-9-5-7-15-24-19)28-23(27-21)30(3)20-10-6-8-16-25-20/h4-16H,1H2,2-3H3. The van der Waals surface area contributed by atoms with Gasteiger partial charge in [-0.05, 0) is 29.8 Å². The third kappa shape index (κ3) is 4.00. The number of hydrogen-bond donors (Lipinski definition) is 0. The van der Waals surface area contributed by atoms with Gasteiger partial charge in [-0.2, -0.15) is 15.0 Å². The molecular formula is C23H21N7. The van der Waals surface area contributed by atoms with Gasteiger partial charge in [0.25, 0.3) is 0 Å². The topological polar surface area (TPSA) is 70.9 Å². The molecule has 0 spiro atoms. The van der Waals surface area contributed by atoms with Gasteiger partial charge in [-0.25, -0.2) is 9.97 Å². The van der Waals surface area contributed by atoms with E-state index >= 15 is 0 Å². The maximum Gasteiger partial charge on any atom is 0.236 e. The van der Waals surface area contributed by atoms with Gasteiger partial charge in [0.05, 0.1) is 0 Å². The number of rotatable bonds is 6. The highest BCUT2D eigenvalue weighted by atomic mass is 15.4. The molecule has 0 unspecified atom stereocenters. The molecule has 4 aromatic rings. The van der Waals surface area contributed by atoms with Crippen LogP contribution in [-0.2, 0) is 0 Å². The van der Waals surface area contributed by atoms with Crippen molar-refractivity contribution in [3.05, 3.63) is 85.2 Å². The van der Waals surface area contributed by atoms with Crippen molar-refractivity contribution in [1.29, 1.82) is 0 Å². The Morgan fingerprint density at radius 2 is 1.23 bits per heavy atom. The molecule has 7 nitrogen and oxygen atoms in total. The van der Waals surface area contributed by atoms with Crippen LogP contribution in [0, 0.1) is 0 Å². The monoisotopic (exact) mass is 395 g/mol.